The van der Waals surface area contributed by atoms with E-state index >= 15 is 0 Å². The maximum Gasteiger partial charge on any atom is 0.326 e. The second-order valence-electron chi connectivity index (χ2n) is 8.22. The number of urea groups is 1. The molecule has 0 bridgehead atoms. The highest BCUT2D eigenvalue weighted by molar-refractivity contribution is 9.10. The monoisotopic (exact) mass is 492 g/mol. The van der Waals surface area contributed by atoms with Crippen LogP contribution in [0.3, 0.4) is 0 Å². The molecule has 2 aliphatic rings. The quantitative estimate of drug-likeness (QED) is 0.591. The van der Waals surface area contributed by atoms with Gasteiger partial charge in [0.2, 0.25) is 0 Å². The maximum atomic E-state index is 13.1. The van der Waals surface area contributed by atoms with Gasteiger partial charge in [0, 0.05) is 60.8 Å². The van der Waals surface area contributed by atoms with E-state index in [1.807, 2.05) is 29.2 Å². The van der Waals surface area contributed by atoms with Crippen molar-refractivity contribution in [3.05, 3.63) is 65.0 Å². The molecule has 2 amide bonds. The lowest BCUT2D eigenvalue weighted by atomic mass is 10.1. The molecule has 5 rings (SSSR count). The highest BCUT2D eigenvalue weighted by Crippen LogP contribution is 2.38. The SMILES string of the molecule is CN1CCN(c2cc3c(cc2Br)CCN3C(=O)Nc2ccc(-c3cnccn3)cc2)CC1. The summed E-state index contributed by atoms with van der Waals surface area (Å²) in [6, 6.07) is 11.9. The van der Waals surface area contributed by atoms with Gasteiger partial charge in [-0.2, -0.15) is 0 Å². The van der Waals surface area contributed by atoms with E-state index in [2.05, 4.69) is 60.2 Å². The summed E-state index contributed by atoms with van der Waals surface area (Å²) < 4.78 is 1.10. The second kappa shape index (κ2) is 8.88. The zero-order valence-corrected chi connectivity index (χ0v) is 19.5. The summed E-state index contributed by atoms with van der Waals surface area (Å²) in [6.07, 6.45) is 5.91. The number of fused-ring (bicyclic) bond motifs is 1. The number of hydrogen-bond donors (Lipinski definition) is 1. The number of nitrogens with zero attached hydrogens (tertiary/aromatic N) is 5. The van der Waals surface area contributed by atoms with Crippen molar-refractivity contribution >= 4 is 39.0 Å². The Morgan fingerprint density at radius 3 is 2.50 bits per heavy atom. The van der Waals surface area contributed by atoms with Crippen LogP contribution in [0.15, 0.2) is 59.5 Å². The van der Waals surface area contributed by atoms with Crippen molar-refractivity contribution in [2.24, 2.45) is 0 Å². The van der Waals surface area contributed by atoms with Crippen LogP contribution in [0.4, 0.5) is 21.9 Å². The third-order valence-electron chi connectivity index (χ3n) is 6.13. The van der Waals surface area contributed by atoms with Gasteiger partial charge in [0.25, 0.3) is 0 Å². The molecule has 8 heteroatoms. The minimum absolute atomic E-state index is 0.109. The van der Waals surface area contributed by atoms with Crippen molar-refractivity contribution in [3.63, 3.8) is 0 Å². The Balaban J connectivity index is 1.32. The molecule has 1 aromatic heterocycles. The van der Waals surface area contributed by atoms with Gasteiger partial charge in [0.05, 0.1) is 23.3 Å². The van der Waals surface area contributed by atoms with Gasteiger partial charge in [-0.25, -0.2) is 4.79 Å². The molecule has 0 radical (unpaired) electrons. The average Bonchev–Trinajstić information content (AvgIpc) is 3.23. The first kappa shape index (κ1) is 20.9. The van der Waals surface area contributed by atoms with Crippen LogP contribution in [-0.4, -0.2) is 60.7 Å². The van der Waals surface area contributed by atoms with Crippen molar-refractivity contribution in [3.8, 4) is 11.3 Å². The molecule has 0 atom stereocenters. The number of hydrogen-bond acceptors (Lipinski definition) is 5. The first-order valence-corrected chi connectivity index (χ1v) is 11.6. The van der Waals surface area contributed by atoms with Crippen LogP contribution in [0.2, 0.25) is 0 Å². The van der Waals surface area contributed by atoms with Gasteiger partial charge in [-0.15, -0.1) is 0 Å². The normalized spacial score (nSPS) is 16.2. The molecule has 32 heavy (non-hydrogen) atoms. The Kier molecular flexibility index (Phi) is 5.80. The molecule has 2 aromatic carbocycles. The summed E-state index contributed by atoms with van der Waals surface area (Å²) in [5.74, 6) is 0. The molecule has 1 saturated heterocycles. The van der Waals surface area contributed by atoms with E-state index in [1.165, 1.54) is 5.56 Å². The topological polar surface area (TPSA) is 64.6 Å². The van der Waals surface area contributed by atoms with Crippen LogP contribution < -0.4 is 15.1 Å². The van der Waals surface area contributed by atoms with Gasteiger partial charge in [0.15, 0.2) is 0 Å². The Morgan fingerprint density at radius 1 is 1.00 bits per heavy atom. The van der Waals surface area contributed by atoms with Gasteiger partial charge >= 0.3 is 6.03 Å². The molecule has 1 N–H and O–H groups in total. The van der Waals surface area contributed by atoms with Crippen molar-refractivity contribution in [1.82, 2.24) is 14.9 Å². The number of piperazine rings is 1. The zero-order valence-electron chi connectivity index (χ0n) is 18.0. The molecule has 164 valence electrons. The van der Waals surface area contributed by atoms with Gasteiger partial charge in [-0.05, 0) is 59.2 Å². The summed E-state index contributed by atoms with van der Waals surface area (Å²) in [5, 5.41) is 3.04. The van der Waals surface area contributed by atoms with E-state index in [0.29, 0.717) is 6.54 Å². The molecule has 1 fully saturated rings. The number of carbonyl (C=O) groups excluding carboxylic acids is 1. The van der Waals surface area contributed by atoms with Crippen LogP contribution in [0.25, 0.3) is 11.3 Å². The maximum absolute atomic E-state index is 13.1. The van der Waals surface area contributed by atoms with Crippen LogP contribution in [0, 0.1) is 0 Å². The van der Waals surface area contributed by atoms with Crippen molar-refractivity contribution in [2.45, 2.75) is 6.42 Å². The molecule has 2 aliphatic heterocycles. The minimum atomic E-state index is -0.109. The fourth-order valence-electron chi connectivity index (χ4n) is 4.26. The third-order valence-corrected chi connectivity index (χ3v) is 6.76. The van der Waals surface area contributed by atoms with Crippen molar-refractivity contribution < 1.29 is 4.79 Å². The number of carbonyl (C=O) groups is 1. The first-order chi connectivity index (χ1) is 15.6. The number of likely N-dealkylation sites (N-methyl/N-ethyl adjacent to an activating group) is 1. The van der Waals surface area contributed by atoms with E-state index in [4.69, 9.17) is 0 Å². The lowest BCUT2D eigenvalue weighted by molar-refractivity contribution is 0.257. The fraction of sp³-hybridized carbons (Fsp3) is 0.292. The summed E-state index contributed by atoms with van der Waals surface area (Å²) in [4.78, 5) is 28.1. The molecule has 0 unspecified atom stereocenters. The van der Waals surface area contributed by atoms with E-state index in [9.17, 15) is 4.79 Å². The summed E-state index contributed by atoms with van der Waals surface area (Å²) in [7, 11) is 2.15. The number of amides is 2. The van der Waals surface area contributed by atoms with Crippen molar-refractivity contribution in [1.29, 1.82) is 0 Å². The molecule has 3 heterocycles. The number of anilines is 3. The first-order valence-electron chi connectivity index (χ1n) is 10.8. The van der Waals surface area contributed by atoms with Crippen LogP contribution >= 0.6 is 15.9 Å². The lowest BCUT2D eigenvalue weighted by Crippen LogP contribution is -2.44. The summed E-state index contributed by atoms with van der Waals surface area (Å²) >= 11 is 3.75. The Labute approximate surface area is 196 Å². The minimum Gasteiger partial charge on any atom is -0.368 e. The molecule has 0 spiro atoms. The third kappa shape index (κ3) is 4.20. The van der Waals surface area contributed by atoms with Gasteiger partial charge in [-0.1, -0.05) is 12.1 Å². The molecule has 7 nitrogen and oxygen atoms in total. The van der Waals surface area contributed by atoms with Crippen LogP contribution in [0.1, 0.15) is 5.56 Å². The van der Waals surface area contributed by atoms with Crippen LogP contribution in [-0.2, 0) is 6.42 Å². The smallest absolute Gasteiger partial charge is 0.326 e. The molecule has 0 saturated carbocycles. The average molecular weight is 493 g/mol. The molecular formula is C24H25BrN6O. The predicted octanol–water partition coefficient (Wildman–Crippen LogP) is 4.25. The molecule has 3 aromatic rings. The van der Waals surface area contributed by atoms with E-state index in [0.717, 1.165) is 65.4 Å². The van der Waals surface area contributed by atoms with Gasteiger partial charge in [-0.3, -0.25) is 14.9 Å². The Bertz CT molecular complexity index is 1110. The summed E-state index contributed by atoms with van der Waals surface area (Å²) in [6.45, 7) is 4.73. The highest BCUT2D eigenvalue weighted by Gasteiger charge is 2.28. The largest absolute Gasteiger partial charge is 0.368 e. The Morgan fingerprint density at radius 2 is 1.78 bits per heavy atom. The zero-order chi connectivity index (χ0) is 22.1. The standard InChI is InChI=1S/C24H25BrN6O/c1-29-10-12-30(13-11-29)23-15-22-18(14-20(23)25)6-9-31(22)24(32)28-19-4-2-17(3-5-19)21-16-26-7-8-27-21/h2-5,7-8,14-16H,6,9-13H2,1H3,(H,28,32). The number of nitrogens with one attached hydrogen (secondary N) is 1. The Hall–Kier alpha value is -2.97. The number of rotatable bonds is 3. The van der Waals surface area contributed by atoms with Gasteiger partial charge in [0.1, 0.15) is 0 Å². The van der Waals surface area contributed by atoms with E-state index < -0.39 is 0 Å². The van der Waals surface area contributed by atoms with E-state index in [1.54, 1.807) is 18.6 Å². The van der Waals surface area contributed by atoms with Gasteiger partial charge < -0.3 is 15.1 Å². The summed E-state index contributed by atoms with van der Waals surface area (Å²) in [5.41, 5.74) is 5.88. The predicted molar refractivity (Wildman–Crippen MR) is 131 cm³/mol. The molecule has 0 aliphatic carbocycles. The fourth-order valence-corrected chi connectivity index (χ4v) is 4.90. The van der Waals surface area contributed by atoms with Crippen LogP contribution in [0.5, 0.6) is 0 Å². The second-order valence-corrected chi connectivity index (χ2v) is 9.08. The number of aromatic nitrogens is 2. The number of halogens is 1. The number of benzene rings is 2. The van der Waals surface area contributed by atoms with E-state index in [-0.39, 0.29) is 6.03 Å². The lowest BCUT2D eigenvalue weighted by Gasteiger charge is -2.35. The van der Waals surface area contributed by atoms with Crippen molar-refractivity contribution in [2.75, 3.05) is 54.9 Å². The highest BCUT2D eigenvalue weighted by atomic mass is 79.9. The molecular weight excluding hydrogens is 468 g/mol.